The third-order valence-corrected chi connectivity index (χ3v) is 6.22. The Hall–Kier alpha value is -3.10. The molecule has 4 rings (SSSR count). The average molecular weight is 474 g/mol. The molecule has 0 radical (unpaired) electrons. The van der Waals surface area contributed by atoms with Crippen molar-refractivity contribution in [2.45, 2.75) is 16.5 Å². The fourth-order valence-corrected chi connectivity index (χ4v) is 4.43. The number of amides is 1. The van der Waals surface area contributed by atoms with E-state index in [0.717, 1.165) is 23.0 Å². The predicted octanol–water partition coefficient (Wildman–Crippen LogP) is 6.77. The van der Waals surface area contributed by atoms with Crippen LogP contribution in [0.4, 0.5) is 18.9 Å². The molecule has 0 aliphatic rings. The molecule has 9 heteroatoms. The second-order valence-electron chi connectivity index (χ2n) is 6.79. The van der Waals surface area contributed by atoms with Gasteiger partial charge in [0.2, 0.25) is 5.91 Å². The van der Waals surface area contributed by atoms with E-state index in [-0.39, 0.29) is 5.69 Å². The first-order valence-corrected chi connectivity index (χ1v) is 10.7. The molecule has 3 aromatic carbocycles. The summed E-state index contributed by atoms with van der Waals surface area (Å²) in [6.45, 7) is 0. The normalized spacial score (nSPS) is 12.5. The van der Waals surface area contributed by atoms with Crippen LogP contribution in [0, 0.1) is 0 Å². The fraction of sp³-hybridized carbons (Fsp3) is 0.0870. The molecule has 1 N–H and O–H groups in total. The standard InChI is InChI=1S/C23H15ClF3N3OS/c24-18-11-10-15(12-17(18)23(25,26)27)30-21(31)20(14-6-2-1-3-7-14)32-22-16-8-4-5-9-19(16)28-13-29-22/h1-13,20H,(H,30,31). The zero-order chi connectivity index (χ0) is 22.7. The number of nitrogens with one attached hydrogen (secondary N) is 1. The number of aromatic nitrogens is 2. The Labute approximate surface area is 190 Å². The van der Waals surface area contributed by atoms with E-state index >= 15 is 0 Å². The summed E-state index contributed by atoms with van der Waals surface area (Å²) >= 11 is 6.89. The summed E-state index contributed by atoms with van der Waals surface area (Å²) in [4.78, 5) is 21.8. The van der Waals surface area contributed by atoms with Crippen LogP contribution >= 0.6 is 23.4 Å². The van der Waals surface area contributed by atoms with Gasteiger partial charge < -0.3 is 5.32 Å². The minimum absolute atomic E-state index is 0.000742. The first kappa shape index (κ1) is 22.1. The van der Waals surface area contributed by atoms with E-state index in [1.54, 1.807) is 24.3 Å². The van der Waals surface area contributed by atoms with Crippen molar-refractivity contribution >= 4 is 45.9 Å². The lowest BCUT2D eigenvalue weighted by Gasteiger charge is -2.18. The molecule has 32 heavy (non-hydrogen) atoms. The van der Waals surface area contributed by atoms with E-state index in [1.807, 2.05) is 30.3 Å². The molecule has 1 heterocycles. The number of carbonyl (C=O) groups excluding carboxylic acids is 1. The number of rotatable bonds is 5. The summed E-state index contributed by atoms with van der Waals surface area (Å²) in [7, 11) is 0. The van der Waals surface area contributed by atoms with Crippen molar-refractivity contribution in [2.24, 2.45) is 0 Å². The number of hydrogen-bond donors (Lipinski definition) is 1. The van der Waals surface area contributed by atoms with E-state index in [0.29, 0.717) is 10.6 Å². The Morgan fingerprint density at radius 1 is 0.969 bits per heavy atom. The number of benzene rings is 3. The Bertz CT molecular complexity index is 1260. The number of anilines is 1. The van der Waals surface area contributed by atoms with Gasteiger partial charge in [-0.05, 0) is 29.8 Å². The summed E-state index contributed by atoms with van der Waals surface area (Å²) in [6, 6.07) is 19.6. The van der Waals surface area contributed by atoms with Crippen LogP contribution in [0.2, 0.25) is 5.02 Å². The molecule has 0 aliphatic heterocycles. The van der Waals surface area contributed by atoms with Crippen LogP contribution in [0.15, 0.2) is 84.1 Å². The van der Waals surface area contributed by atoms with Crippen LogP contribution in [0.3, 0.4) is 0 Å². The van der Waals surface area contributed by atoms with E-state index < -0.39 is 27.9 Å². The number of thioether (sulfide) groups is 1. The molecular weight excluding hydrogens is 459 g/mol. The van der Waals surface area contributed by atoms with Crippen molar-refractivity contribution < 1.29 is 18.0 Å². The van der Waals surface area contributed by atoms with Crippen molar-refractivity contribution in [2.75, 3.05) is 5.32 Å². The number of halogens is 4. The van der Waals surface area contributed by atoms with Crippen LogP contribution < -0.4 is 5.32 Å². The first-order valence-electron chi connectivity index (χ1n) is 9.42. The number of alkyl halides is 3. The number of hydrogen-bond acceptors (Lipinski definition) is 4. The van der Waals surface area contributed by atoms with Gasteiger partial charge >= 0.3 is 6.18 Å². The molecule has 1 aromatic heterocycles. The molecule has 0 aliphatic carbocycles. The Morgan fingerprint density at radius 3 is 2.44 bits per heavy atom. The van der Waals surface area contributed by atoms with Gasteiger partial charge in [0, 0.05) is 11.1 Å². The van der Waals surface area contributed by atoms with Gasteiger partial charge in [0.05, 0.1) is 16.1 Å². The molecule has 0 spiro atoms. The Balaban J connectivity index is 1.68. The molecule has 0 bridgehead atoms. The Morgan fingerprint density at radius 2 is 1.69 bits per heavy atom. The van der Waals surface area contributed by atoms with Crippen LogP contribution in [-0.4, -0.2) is 15.9 Å². The van der Waals surface area contributed by atoms with E-state index in [2.05, 4.69) is 15.3 Å². The van der Waals surface area contributed by atoms with Gasteiger partial charge in [-0.25, -0.2) is 9.97 Å². The summed E-state index contributed by atoms with van der Waals surface area (Å²) in [6.07, 6.45) is -3.22. The molecular formula is C23H15ClF3N3OS. The van der Waals surface area contributed by atoms with Crippen molar-refractivity contribution in [3.63, 3.8) is 0 Å². The summed E-state index contributed by atoms with van der Waals surface area (Å²) in [5.74, 6) is -0.487. The quantitative estimate of drug-likeness (QED) is 0.256. The van der Waals surface area contributed by atoms with Gasteiger partial charge in [0.1, 0.15) is 16.6 Å². The highest BCUT2D eigenvalue weighted by Crippen LogP contribution is 2.39. The molecule has 0 saturated carbocycles. The molecule has 1 amide bonds. The highest BCUT2D eigenvalue weighted by molar-refractivity contribution is 8.00. The van der Waals surface area contributed by atoms with Gasteiger partial charge in [-0.2, -0.15) is 13.2 Å². The van der Waals surface area contributed by atoms with E-state index in [4.69, 9.17) is 11.6 Å². The summed E-state index contributed by atoms with van der Waals surface area (Å²) < 4.78 is 39.6. The topological polar surface area (TPSA) is 54.9 Å². The summed E-state index contributed by atoms with van der Waals surface area (Å²) in [5.41, 5.74) is 0.399. The maximum Gasteiger partial charge on any atom is 0.417 e. The zero-order valence-corrected chi connectivity index (χ0v) is 17.9. The monoisotopic (exact) mass is 473 g/mol. The van der Waals surface area contributed by atoms with Crippen LogP contribution in [0.5, 0.6) is 0 Å². The average Bonchev–Trinajstić information content (AvgIpc) is 2.78. The van der Waals surface area contributed by atoms with Crippen molar-refractivity contribution in [3.8, 4) is 0 Å². The highest BCUT2D eigenvalue weighted by Gasteiger charge is 2.34. The van der Waals surface area contributed by atoms with Crippen LogP contribution in [0.25, 0.3) is 10.9 Å². The fourth-order valence-electron chi connectivity index (χ4n) is 3.11. The molecule has 162 valence electrons. The van der Waals surface area contributed by atoms with E-state index in [9.17, 15) is 18.0 Å². The van der Waals surface area contributed by atoms with Crippen molar-refractivity contribution in [1.82, 2.24) is 9.97 Å². The lowest BCUT2D eigenvalue weighted by molar-refractivity contribution is -0.137. The number of nitrogens with zero attached hydrogens (tertiary/aromatic N) is 2. The minimum atomic E-state index is -4.63. The molecule has 0 saturated heterocycles. The molecule has 1 atom stereocenters. The largest absolute Gasteiger partial charge is 0.417 e. The number of fused-ring (bicyclic) bond motifs is 1. The van der Waals surface area contributed by atoms with E-state index in [1.165, 1.54) is 24.2 Å². The third-order valence-electron chi connectivity index (χ3n) is 4.62. The molecule has 4 nitrogen and oxygen atoms in total. The SMILES string of the molecule is O=C(Nc1ccc(Cl)c(C(F)(F)F)c1)C(Sc1ncnc2ccccc12)c1ccccc1. The second kappa shape index (κ2) is 9.18. The first-order chi connectivity index (χ1) is 15.3. The zero-order valence-electron chi connectivity index (χ0n) is 16.3. The molecule has 1 unspecified atom stereocenters. The van der Waals surface area contributed by atoms with Crippen molar-refractivity contribution in [1.29, 1.82) is 0 Å². The van der Waals surface area contributed by atoms with Crippen LogP contribution in [0.1, 0.15) is 16.4 Å². The molecule has 4 aromatic rings. The molecule has 0 fully saturated rings. The lowest BCUT2D eigenvalue weighted by atomic mass is 10.1. The maximum atomic E-state index is 13.2. The Kier molecular flexibility index (Phi) is 6.34. The summed E-state index contributed by atoms with van der Waals surface area (Å²) in [5, 5.41) is 2.76. The maximum absolute atomic E-state index is 13.2. The van der Waals surface area contributed by atoms with Gasteiger partial charge in [-0.3, -0.25) is 4.79 Å². The van der Waals surface area contributed by atoms with Gasteiger partial charge in [-0.1, -0.05) is 71.9 Å². The number of para-hydroxylation sites is 1. The van der Waals surface area contributed by atoms with Gasteiger partial charge in [-0.15, -0.1) is 0 Å². The smallest absolute Gasteiger partial charge is 0.325 e. The third kappa shape index (κ3) is 4.87. The van der Waals surface area contributed by atoms with Crippen LogP contribution in [-0.2, 0) is 11.0 Å². The second-order valence-corrected chi connectivity index (χ2v) is 8.29. The minimum Gasteiger partial charge on any atom is -0.325 e. The van der Waals surface area contributed by atoms with Crippen molar-refractivity contribution in [3.05, 3.63) is 95.3 Å². The van der Waals surface area contributed by atoms with Gasteiger partial charge in [0.15, 0.2) is 0 Å². The van der Waals surface area contributed by atoms with Gasteiger partial charge in [0.25, 0.3) is 0 Å². The predicted molar refractivity (Wildman–Crippen MR) is 120 cm³/mol. The number of carbonyl (C=O) groups is 1. The highest BCUT2D eigenvalue weighted by atomic mass is 35.5. The lowest BCUT2D eigenvalue weighted by Crippen LogP contribution is -2.19.